The van der Waals surface area contributed by atoms with Gasteiger partial charge >= 0.3 is 0 Å². The first kappa shape index (κ1) is 12.7. The molecule has 2 aromatic heterocycles. The van der Waals surface area contributed by atoms with Crippen LogP contribution in [0.1, 0.15) is 48.5 Å². The van der Waals surface area contributed by atoms with Gasteiger partial charge in [0.25, 0.3) is 0 Å². The molecule has 0 bridgehead atoms. The largest absolute Gasteiger partial charge is 0.361 e. The molecule has 102 valence electrons. The van der Waals surface area contributed by atoms with Gasteiger partial charge < -0.3 is 9.09 Å². The topological polar surface area (TPSA) is 56.7 Å². The maximum absolute atomic E-state index is 5.19. The summed E-state index contributed by atoms with van der Waals surface area (Å²) in [5.41, 5.74) is 2.14. The van der Waals surface area contributed by atoms with Crippen molar-refractivity contribution < 1.29 is 4.52 Å². The van der Waals surface area contributed by atoms with E-state index in [0.717, 1.165) is 34.7 Å². The monoisotopic (exact) mass is 278 g/mol. The number of hydrogen-bond donors (Lipinski definition) is 0. The Hall–Kier alpha value is -1.30. The summed E-state index contributed by atoms with van der Waals surface area (Å²) in [5, 5.41) is 13.7. The van der Waals surface area contributed by atoms with E-state index in [2.05, 4.69) is 26.8 Å². The van der Waals surface area contributed by atoms with E-state index < -0.39 is 0 Å². The summed E-state index contributed by atoms with van der Waals surface area (Å²) in [7, 11) is 0. The predicted molar refractivity (Wildman–Crippen MR) is 73.2 cm³/mol. The van der Waals surface area contributed by atoms with Crippen LogP contribution in [0.2, 0.25) is 0 Å². The third kappa shape index (κ3) is 2.41. The van der Waals surface area contributed by atoms with Crippen molar-refractivity contribution in [2.45, 2.75) is 57.0 Å². The van der Waals surface area contributed by atoms with Crippen LogP contribution in [0.5, 0.6) is 0 Å². The van der Waals surface area contributed by atoms with Crippen molar-refractivity contribution in [3.63, 3.8) is 0 Å². The molecule has 0 aromatic carbocycles. The minimum Gasteiger partial charge on any atom is -0.361 e. The van der Waals surface area contributed by atoms with E-state index in [4.69, 9.17) is 4.52 Å². The van der Waals surface area contributed by atoms with Gasteiger partial charge in [0.05, 0.1) is 5.69 Å². The van der Waals surface area contributed by atoms with E-state index >= 15 is 0 Å². The van der Waals surface area contributed by atoms with Crippen LogP contribution >= 0.6 is 11.8 Å². The molecule has 0 unspecified atom stereocenters. The van der Waals surface area contributed by atoms with Crippen LogP contribution in [-0.2, 0) is 12.3 Å². The molecule has 1 saturated carbocycles. The van der Waals surface area contributed by atoms with Gasteiger partial charge in [0, 0.05) is 23.8 Å². The summed E-state index contributed by atoms with van der Waals surface area (Å²) in [4.78, 5) is 0. The van der Waals surface area contributed by atoms with E-state index in [1.54, 1.807) is 11.8 Å². The van der Waals surface area contributed by atoms with Gasteiger partial charge in [-0.05, 0) is 33.6 Å². The van der Waals surface area contributed by atoms with Crippen LogP contribution in [0.3, 0.4) is 0 Å². The molecule has 19 heavy (non-hydrogen) atoms. The lowest BCUT2D eigenvalue weighted by atomic mass is 10.2. The van der Waals surface area contributed by atoms with Crippen molar-refractivity contribution in [3.8, 4) is 0 Å². The Kier molecular flexibility index (Phi) is 3.35. The minimum atomic E-state index is 0.640. The summed E-state index contributed by atoms with van der Waals surface area (Å²) in [5.74, 6) is 3.53. The van der Waals surface area contributed by atoms with Gasteiger partial charge in [-0.1, -0.05) is 16.9 Å². The lowest BCUT2D eigenvalue weighted by molar-refractivity contribution is 0.392. The molecular weight excluding hydrogens is 260 g/mol. The molecule has 2 aromatic rings. The van der Waals surface area contributed by atoms with Gasteiger partial charge in [0.1, 0.15) is 11.6 Å². The Morgan fingerprint density at radius 1 is 1.32 bits per heavy atom. The number of aryl methyl sites for hydroxylation is 2. The minimum absolute atomic E-state index is 0.640. The maximum Gasteiger partial charge on any atom is 0.191 e. The van der Waals surface area contributed by atoms with Crippen LogP contribution in [-0.4, -0.2) is 19.9 Å². The second-order valence-corrected chi connectivity index (χ2v) is 5.89. The molecule has 6 heteroatoms. The highest BCUT2D eigenvalue weighted by molar-refractivity contribution is 7.98. The number of hydrogen-bond acceptors (Lipinski definition) is 5. The molecule has 0 saturated heterocycles. The average Bonchev–Trinajstić information content (AvgIpc) is 3.09. The first-order chi connectivity index (χ1) is 9.20. The average molecular weight is 278 g/mol. The maximum atomic E-state index is 5.19. The highest BCUT2D eigenvalue weighted by Gasteiger charge is 2.30. The summed E-state index contributed by atoms with van der Waals surface area (Å²) in [6, 6.07) is 0. The standard InChI is InChI=1S/C13H18N4OS/c1-4-17-12(10-5-6-10)14-15-13(17)19-7-11-8(2)16-18-9(11)3/h10H,4-7H2,1-3H3. The Balaban J connectivity index is 1.76. The predicted octanol–water partition coefficient (Wildman–Crippen LogP) is 3.07. The van der Waals surface area contributed by atoms with Crippen LogP contribution in [0.4, 0.5) is 0 Å². The van der Waals surface area contributed by atoms with Gasteiger partial charge in [0.15, 0.2) is 5.16 Å². The highest BCUT2D eigenvalue weighted by Crippen LogP contribution is 2.40. The van der Waals surface area contributed by atoms with Crippen molar-refractivity contribution in [2.75, 3.05) is 0 Å². The van der Waals surface area contributed by atoms with E-state index in [9.17, 15) is 0 Å². The Bertz CT molecular complexity index is 566. The van der Waals surface area contributed by atoms with Gasteiger partial charge in [-0.2, -0.15) is 0 Å². The third-order valence-electron chi connectivity index (χ3n) is 3.53. The molecule has 2 heterocycles. The van der Waals surface area contributed by atoms with Crippen molar-refractivity contribution in [1.82, 2.24) is 19.9 Å². The van der Waals surface area contributed by atoms with E-state index in [1.807, 2.05) is 13.8 Å². The molecule has 1 fully saturated rings. The molecule has 1 aliphatic carbocycles. The normalized spacial score (nSPS) is 15.1. The smallest absolute Gasteiger partial charge is 0.191 e. The van der Waals surface area contributed by atoms with E-state index in [1.165, 1.54) is 18.4 Å². The fourth-order valence-electron chi connectivity index (χ4n) is 2.19. The van der Waals surface area contributed by atoms with Gasteiger partial charge in [-0.3, -0.25) is 0 Å². The molecule has 3 rings (SSSR count). The van der Waals surface area contributed by atoms with Crippen LogP contribution < -0.4 is 0 Å². The van der Waals surface area contributed by atoms with Crippen LogP contribution in [0, 0.1) is 13.8 Å². The lowest BCUT2D eigenvalue weighted by Gasteiger charge is -2.06. The van der Waals surface area contributed by atoms with E-state index in [-0.39, 0.29) is 0 Å². The molecule has 0 aliphatic heterocycles. The van der Waals surface area contributed by atoms with Crippen molar-refractivity contribution in [1.29, 1.82) is 0 Å². The van der Waals surface area contributed by atoms with Crippen LogP contribution in [0.25, 0.3) is 0 Å². The SMILES string of the molecule is CCn1c(SCc2c(C)noc2C)nnc1C1CC1. The number of nitrogens with zero attached hydrogens (tertiary/aromatic N) is 4. The molecule has 0 spiro atoms. The molecular formula is C13H18N4OS. The quantitative estimate of drug-likeness (QED) is 0.787. The fraction of sp³-hybridized carbons (Fsp3) is 0.615. The summed E-state index contributed by atoms with van der Waals surface area (Å²) in [6.07, 6.45) is 2.51. The first-order valence-corrected chi connectivity index (χ1v) is 7.67. The van der Waals surface area contributed by atoms with Crippen LogP contribution in [0.15, 0.2) is 9.68 Å². The zero-order chi connectivity index (χ0) is 13.4. The van der Waals surface area contributed by atoms with Crippen molar-refractivity contribution in [3.05, 3.63) is 22.8 Å². The number of rotatable bonds is 5. The Morgan fingerprint density at radius 2 is 2.11 bits per heavy atom. The molecule has 0 radical (unpaired) electrons. The van der Waals surface area contributed by atoms with Gasteiger partial charge in [-0.15, -0.1) is 10.2 Å². The number of aromatic nitrogens is 4. The number of thioether (sulfide) groups is 1. The van der Waals surface area contributed by atoms with Crippen molar-refractivity contribution in [2.24, 2.45) is 0 Å². The molecule has 0 amide bonds. The van der Waals surface area contributed by atoms with Crippen molar-refractivity contribution >= 4 is 11.8 Å². The lowest BCUT2D eigenvalue weighted by Crippen LogP contribution is -2.02. The molecule has 0 N–H and O–H groups in total. The van der Waals surface area contributed by atoms with Gasteiger partial charge in [-0.25, -0.2) is 0 Å². The van der Waals surface area contributed by atoms with E-state index in [0.29, 0.717) is 5.92 Å². The second-order valence-electron chi connectivity index (χ2n) is 4.95. The fourth-order valence-corrected chi connectivity index (χ4v) is 3.35. The summed E-state index contributed by atoms with van der Waals surface area (Å²) < 4.78 is 7.42. The zero-order valence-corrected chi connectivity index (χ0v) is 12.3. The zero-order valence-electron chi connectivity index (χ0n) is 11.5. The Labute approximate surface area is 116 Å². The Morgan fingerprint density at radius 3 is 2.68 bits per heavy atom. The molecule has 0 atom stereocenters. The summed E-state index contributed by atoms with van der Waals surface area (Å²) >= 11 is 1.71. The third-order valence-corrected chi connectivity index (χ3v) is 4.52. The molecule has 5 nitrogen and oxygen atoms in total. The highest BCUT2D eigenvalue weighted by atomic mass is 32.2. The summed E-state index contributed by atoms with van der Waals surface area (Å²) in [6.45, 7) is 7.01. The second kappa shape index (κ2) is 5.00. The first-order valence-electron chi connectivity index (χ1n) is 6.68. The van der Waals surface area contributed by atoms with Gasteiger partial charge in [0.2, 0.25) is 0 Å². The molecule has 1 aliphatic rings.